The van der Waals surface area contributed by atoms with Gasteiger partial charge in [-0.05, 0) is 37.3 Å². The van der Waals surface area contributed by atoms with Crippen LogP contribution in [0.25, 0.3) is 0 Å². The molecule has 1 aliphatic heterocycles. The molecule has 2 atom stereocenters. The third-order valence-corrected chi connectivity index (χ3v) is 4.18. The first-order valence-electron chi connectivity index (χ1n) is 6.58. The number of fused-ring (bicyclic) bond motifs is 2. The van der Waals surface area contributed by atoms with E-state index in [1.807, 2.05) is 4.90 Å². The van der Waals surface area contributed by atoms with Crippen LogP contribution in [0.5, 0.6) is 0 Å². The second-order valence-corrected chi connectivity index (χ2v) is 5.36. The van der Waals surface area contributed by atoms with Gasteiger partial charge in [-0.3, -0.25) is 4.79 Å². The molecule has 0 radical (unpaired) electrons. The van der Waals surface area contributed by atoms with E-state index in [2.05, 4.69) is 5.16 Å². The Kier molecular flexibility index (Phi) is 2.89. The van der Waals surface area contributed by atoms with Crippen LogP contribution >= 0.6 is 0 Å². The van der Waals surface area contributed by atoms with Gasteiger partial charge >= 0.3 is 0 Å². The average Bonchev–Trinajstić information content (AvgIpc) is 3.08. The third-order valence-electron chi connectivity index (χ3n) is 4.18. The summed E-state index contributed by atoms with van der Waals surface area (Å²) < 4.78 is 0. The van der Waals surface area contributed by atoms with Crippen molar-refractivity contribution in [3.05, 3.63) is 35.4 Å². The normalized spacial score (nSPS) is 25.9. The lowest BCUT2D eigenvalue weighted by Gasteiger charge is -2.27. The Balaban J connectivity index is 1.84. The van der Waals surface area contributed by atoms with Crippen molar-refractivity contribution in [2.45, 2.75) is 25.3 Å². The van der Waals surface area contributed by atoms with Gasteiger partial charge in [0, 0.05) is 23.7 Å². The van der Waals surface area contributed by atoms with Crippen LogP contribution in [0.15, 0.2) is 29.4 Å². The number of hydrogen-bond acceptors (Lipinski definition) is 3. The molecule has 1 amide bonds. The highest BCUT2D eigenvalue weighted by Crippen LogP contribution is 2.38. The summed E-state index contributed by atoms with van der Waals surface area (Å²) in [5.41, 5.74) is 6.73. The van der Waals surface area contributed by atoms with Crippen LogP contribution in [-0.2, 0) is 0 Å². The highest BCUT2D eigenvalue weighted by Gasteiger charge is 2.40. The zero-order chi connectivity index (χ0) is 13.4. The van der Waals surface area contributed by atoms with Crippen molar-refractivity contribution in [3.8, 4) is 0 Å². The minimum absolute atomic E-state index is 0.0255. The molecule has 100 valence electrons. The van der Waals surface area contributed by atoms with Crippen LogP contribution in [0.4, 0.5) is 0 Å². The van der Waals surface area contributed by atoms with Crippen LogP contribution in [0, 0.1) is 5.92 Å². The molecule has 1 aromatic rings. The number of nitrogens with two attached hydrogens (primary N) is 1. The average molecular weight is 259 g/mol. The van der Waals surface area contributed by atoms with Gasteiger partial charge in [0.25, 0.3) is 5.91 Å². The number of piperidine rings is 1. The number of oxime groups is 1. The monoisotopic (exact) mass is 259 g/mol. The molecular formula is C14H17N3O2. The quantitative estimate of drug-likeness (QED) is 0.365. The number of carbonyl (C=O) groups excluding carboxylic acids is 1. The topological polar surface area (TPSA) is 78.9 Å². The van der Waals surface area contributed by atoms with E-state index in [0.29, 0.717) is 23.1 Å². The highest BCUT2D eigenvalue weighted by molar-refractivity contribution is 6.01. The molecule has 19 heavy (non-hydrogen) atoms. The molecule has 5 nitrogen and oxygen atoms in total. The van der Waals surface area contributed by atoms with Crippen LogP contribution in [0.3, 0.4) is 0 Å². The Hall–Kier alpha value is -2.04. The lowest BCUT2D eigenvalue weighted by atomic mass is 10.1. The molecule has 1 saturated carbocycles. The predicted molar refractivity (Wildman–Crippen MR) is 71.1 cm³/mol. The SMILES string of the molecule is N/C(=N/O)c1cccc(C(=O)N2CC3CCC2C3)c1. The van der Waals surface area contributed by atoms with Gasteiger partial charge in [-0.15, -0.1) is 0 Å². The lowest BCUT2D eigenvalue weighted by molar-refractivity contribution is 0.0703. The molecule has 0 aromatic heterocycles. The summed E-state index contributed by atoms with van der Waals surface area (Å²) in [5.74, 6) is 0.763. The van der Waals surface area contributed by atoms with Gasteiger partial charge in [0.05, 0.1) is 0 Å². The number of nitrogens with zero attached hydrogens (tertiary/aromatic N) is 2. The first-order valence-corrected chi connectivity index (χ1v) is 6.58. The highest BCUT2D eigenvalue weighted by atomic mass is 16.4. The van der Waals surface area contributed by atoms with E-state index in [-0.39, 0.29) is 11.7 Å². The molecule has 2 aliphatic rings. The minimum atomic E-state index is 0.0255. The molecule has 5 heteroatoms. The summed E-state index contributed by atoms with van der Waals surface area (Å²) in [7, 11) is 0. The fourth-order valence-electron chi connectivity index (χ4n) is 3.21. The second kappa shape index (κ2) is 4.57. The van der Waals surface area contributed by atoms with Crippen LogP contribution in [0.2, 0.25) is 0 Å². The third kappa shape index (κ3) is 2.05. The second-order valence-electron chi connectivity index (χ2n) is 5.36. The van der Waals surface area contributed by atoms with E-state index in [4.69, 9.17) is 10.9 Å². The Morgan fingerprint density at radius 3 is 2.79 bits per heavy atom. The zero-order valence-electron chi connectivity index (χ0n) is 10.6. The van der Waals surface area contributed by atoms with Crippen molar-refractivity contribution in [1.29, 1.82) is 0 Å². The number of hydrogen-bond donors (Lipinski definition) is 2. The number of rotatable bonds is 2. The summed E-state index contributed by atoms with van der Waals surface area (Å²) in [6.45, 7) is 0.872. The smallest absolute Gasteiger partial charge is 0.254 e. The Morgan fingerprint density at radius 1 is 1.37 bits per heavy atom. The molecule has 2 fully saturated rings. The number of amides is 1. The van der Waals surface area contributed by atoms with Crippen molar-refractivity contribution >= 4 is 11.7 Å². The summed E-state index contributed by atoms with van der Waals surface area (Å²) in [6.07, 6.45) is 3.51. The number of likely N-dealkylation sites (tertiary alicyclic amines) is 1. The molecule has 3 rings (SSSR count). The van der Waals surface area contributed by atoms with E-state index >= 15 is 0 Å². The Morgan fingerprint density at radius 2 is 2.16 bits per heavy atom. The fourth-order valence-corrected chi connectivity index (χ4v) is 3.21. The standard InChI is InChI=1S/C14H17N3O2/c15-13(16-19)10-2-1-3-11(7-10)14(18)17-8-9-4-5-12(17)6-9/h1-3,7,9,12,19H,4-6,8H2,(H2,15,16). The van der Waals surface area contributed by atoms with Gasteiger partial charge in [0.1, 0.15) is 0 Å². The maximum atomic E-state index is 12.5. The first kappa shape index (κ1) is 12.0. The molecule has 3 N–H and O–H groups in total. The summed E-state index contributed by atoms with van der Waals surface area (Å²) in [6, 6.07) is 7.35. The van der Waals surface area contributed by atoms with Gasteiger partial charge in [0.2, 0.25) is 0 Å². The van der Waals surface area contributed by atoms with Gasteiger partial charge in [-0.25, -0.2) is 0 Å². The van der Waals surface area contributed by atoms with E-state index in [1.165, 1.54) is 6.42 Å². The minimum Gasteiger partial charge on any atom is -0.409 e. The van der Waals surface area contributed by atoms with Crippen molar-refractivity contribution in [3.63, 3.8) is 0 Å². The molecule has 0 spiro atoms. The molecule has 2 unspecified atom stereocenters. The van der Waals surface area contributed by atoms with Gasteiger partial charge in [0.15, 0.2) is 5.84 Å². The molecule has 1 heterocycles. The summed E-state index contributed by atoms with van der Waals surface area (Å²) in [5, 5.41) is 11.6. The molecule has 2 bridgehead atoms. The zero-order valence-corrected chi connectivity index (χ0v) is 10.6. The molecule has 1 saturated heterocycles. The van der Waals surface area contributed by atoms with Crippen LogP contribution in [-0.4, -0.2) is 34.4 Å². The Labute approximate surface area is 111 Å². The first-order chi connectivity index (χ1) is 9.19. The van der Waals surface area contributed by atoms with E-state index < -0.39 is 0 Å². The van der Waals surface area contributed by atoms with E-state index in [9.17, 15) is 4.79 Å². The van der Waals surface area contributed by atoms with Gasteiger partial charge < -0.3 is 15.8 Å². The molecular weight excluding hydrogens is 242 g/mol. The largest absolute Gasteiger partial charge is 0.409 e. The van der Waals surface area contributed by atoms with Crippen molar-refractivity contribution in [1.82, 2.24) is 4.90 Å². The van der Waals surface area contributed by atoms with Crippen molar-refractivity contribution in [2.24, 2.45) is 16.8 Å². The molecule has 1 aliphatic carbocycles. The molecule has 1 aromatic carbocycles. The van der Waals surface area contributed by atoms with E-state index in [0.717, 1.165) is 19.4 Å². The fraction of sp³-hybridized carbons (Fsp3) is 0.429. The number of amidine groups is 1. The summed E-state index contributed by atoms with van der Waals surface area (Å²) >= 11 is 0. The van der Waals surface area contributed by atoms with Gasteiger partial charge in [-0.2, -0.15) is 0 Å². The predicted octanol–water partition coefficient (Wildman–Crippen LogP) is 1.41. The summed E-state index contributed by atoms with van der Waals surface area (Å²) in [4.78, 5) is 14.5. The van der Waals surface area contributed by atoms with E-state index in [1.54, 1.807) is 24.3 Å². The van der Waals surface area contributed by atoms with Crippen molar-refractivity contribution in [2.75, 3.05) is 6.54 Å². The van der Waals surface area contributed by atoms with Gasteiger partial charge in [-0.1, -0.05) is 17.3 Å². The van der Waals surface area contributed by atoms with Crippen LogP contribution in [0.1, 0.15) is 35.2 Å². The maximum Gasteiger partial charge on any atom is 0.254 e. The lowest BCUT2D eigenvalue weighted by Crippen LogP contribution is -2.37. The number of carbonyl (C=O) groups is 1. The number of benzene rings is 1. The maximum absolute atomic E-state index is 12.5. The van der Waals surface area contributed by atoms with Crippen molar-refractivity contribution < 1.29 is 10.0 Å². The van der Waals surface area contributed by atoms with Crippen LogP contribution < -0.4 is 5.73 Å². The Bertz CT molecular complexity index is 541.